The van der Waals surface area contributed by atoms with Crippen LogP contribution in [0.5, 0.6) is 0 Å². The molecule has 0 aliphatic carbocycles. The Labute approximate surface area is 192 Å². The van der Waals surface area contributed by atoms with E-state index in [0.29, 0.717) is 34.7 Å². The number of nitrogens with one attached hydrogen (secondary N) is 1. The Kier molecular flexibility index (Phi) is 6.45. The van der Waals surface area contributed by atoms with Crippen LogP contribution in [0.3, 0.4) is 0 Å². The molecule has 1 unspecified atom stereocenters. The van der Waals surface area contributed by atoms with Crippen molar-refractivity contribution in [3.63, 3.8) is 0 Å². The third-order valence-corrected chi connectivity index (χ3v) is 7.08. The monoisotopic (exact) mass is 483 g/mol. The van der Waals surface area contributed by atoms with Crippen LogP contribution in [0.1, 0.15) is 24.0 Å². The number of esters is 1. The molecule has 1 fully saturated rings. The third kappa shape index (κ3) is 4.20. The van der Waals surface area contributed by atoms with Gasteiger partial charge in [0.25, 0.3) is 0 Å². The summed E-state index contributed by atoms with van der Waals surface area (Å²) in [6, 6.07) is 9.95. The summed E-state index contributed by atoms with van der Waals surface area (Å²) in [4.78, 5) is 12.9. The van der Waals surface area contributed by atoms with Crippen LogP contribution in [0.4, 0.5) is 0 Å². The van der Waals surface area contributed by atoms with Crippen molar-refractivity contribution in [2.45, 2.75) is 30.3 Å². The number of carbonyl (C=O) groups excluding carboxylic acids is 1. The van der Waals surface area contributed by atoms with Crippen LogP contribution in [-0.2, 0) is 19.4 Å². The smallest absolute Gasteiger partial charge is 0.343 e. The van der Waals surface area contributed by atoms with Gasteiger partial charge in [-0.3, -0.25) is 0 Å². The summed E-state index contributed by atoms with van der Waals surface area (Å²) in [7, 11) is -3.36. The summed E-state index contributed by atoms with van der Waals surface area (Å²) < 4.78 is 29.4. The molecule has 4 rings (SSSR count). The van der Waals surface area contributed by atoms with Crippen LogP contribution >= 0.6 is 24.0 Å². The van der Waals surface area contributed by atoms with Gasteiger partial charge in [-0.25, -0.2) is 13.2 Å². The van der Waals surface area contributed by atoms with E-state index >= 15 is 0 Å². The number of rotatable bonds is 3. The number of aliphatic hydroxyl groups excluding tert-OH is 1. The second kappa shape index (κ2) is 8.47. The molecule has 0 saturated carbocycles. The number of aliphatic hydroxyl groups is 1. The van der Waals surface area contributed by atoms with Crippen molar-refractivity contribution in [2.24, 2.45) is 0 Å². The molecule has 0 radical (unpaired) electrons. The molecule has 2 aromatic carbocycles. The van der Waals surface area contributed by atoms with E-state index in [1.165, 1.54) is 6.07 Å². The largest absolute Gasteiger partial charge is 0.507 e. The highest BCUT2D eigenvalue weighted by atomic mass is 35.5. The Hall–Kier alpha value is -2.06. The van der Waals surface area contributed by atoms with E-state index in [1.807, 2.05) is 6.92 Å². The van der Waals surface area contributed by atoms with E-state index < -0.39 is 21.4 Å². The number of hydrogen-bond donors (Lipinski definition) is 2. The molecule has 0 amide bonds. The maximum Gasteiger partial charge on any atom is 0.343 e. The van der Waals surface area contributed by atoms with E-state index in [9.17, 15) is 18.3 Å². The van der Waals surface area contributed by atoms with Crippen molar-refractivity contribution in [1.82, 2.24) is 5.32 Å². The van der Waals surface area contributed by atoms with Crippen LogP contribution in [0.2, 0.25) is 5.02 Å². The first-order valence-corrected chi connectivity index (χ1v) is 11.9. The van der Waals surface area contributed by atoms with Gasteiger partial charge in [-0.1, -0.05) is 23.7 Å². The van der Waals surface area contributed by atoms with Gasteiger partial charge in [0, 0.05) is 23.4 Å². The van der Waals surface area contributed by atoms with Crippen LogP contribution < -0.4 is 5.32 Å². The predicted molar refractivity (Wildman–Crippen MR) is 122 cm³/mol. The van der Waals surface area contributed by atoms with Gasteiger partial charge in [0.15, 0.2) is 21.2 Å². The first-order valence-electron chi connectivity index (χ1n) is 9.61. The highest BCUT2D eigenvalue weighted by molar-refractivity contribution is 7.90. The molecule has 2 aliphatic heterocycles. The molecule has 31 heavy (non-hydrogen) atoms. The number of halogens is 2. The van der Waals surface area contributed by atoms with Crippen LogP contribution in [0.25, 0.3) is 16.7 Å². The van der Waals surface area contributed by atoms with Crippen LogP contribution in [0, 0.1) is 6.92 Å². The average Bonchev–Trinajstić information content (AvgIpc) is 2.93. The minimum absolute atomic E-state index is 0. The van der Waals surface area contributed by atoms with E-state index in [4.69, 9.17) is 16.3 Å². The zero-order chi connectivity index (χ0) is 21.7. The molecule has 0 bridgehead atoms. The van der Waals surface area contributed by atoms with Crippen LogP contribution in [-0.4, -0.2) is 44.4 Å². The SMILES string of the molecule is Cc1cc(-c2cccc(S(C)(=O)=O)c2)c(Cl)cc1C1=C(O)C2(CCCNC2)OC1=O.Cl. The van der Waals surface area contributed by atoms with Crippen LogP contribution in [0.15, 0.2) is 47.1 Å². The lowest BCUT2D eigenvalue weighted by atomic mass is 9.88. The van der Waals surface area contributed by atoms with Crippen molar-refractivity contribution in [3.8, 4) is 11.1 Å². The summed E-state index contributed by atoms with van der Waals surface area (Å²) in [6.45, 7) is 3.00. The van der Waals surface area contributed by atoms with E-state index in [2.05, 4.69) is 5.32 Å². The molecule has 2 N–H and O–H groups in total. The average molecular weight is 484 g/mol. The number of sulfone groups is 1. The lowest BCUT2D eigenvalue weighted by Crippen LogP contribution is -2.47. The highest BCUT2D eigenvalue weighted by Gasteiger charge is 2.49. The Bertz CT molecular complexity index is 1180. The predicted octanol–water partition coefficient (Wildman–Crippen LogP) is 4.09. The van der Waals surface area contributed by atoms with Gasteiger partial charge in [0.05, 0.1) is 4.90 Å². The number of piperidine rings is 1. The molecule has 1 saturated heterocycles. The molecular formula is C22H23Cl2NO5S. The molecule has 6 nitrogen and oxygen atoms in total. The van der Waals surface area contributed by atoms with Crippen molar-refractivity contribution in [3.05, 3.63) is 58.3 Å². The number of carbonyl (C=O) groups is 1. The highest BCUT2D eigenvalue weighted by Crippen LogP contribution is 2.43. The Morgan fingerprint density at radius 3 is 2.58 bits per heavy atom. The van der Waals surface area contributed by atoms with E-state index in [1.54, 1.807) is 30.3 Å². The second-order valence-corrected chi connectivity index (χ2v) is 10.3. The standard InChI is InChI=1S/C22H22ClNO5S.ClH/c1-13-9-17(14-5-3-6-15(10-14)30(2,27)28)18(23)11-16(13)19-20(25)22(29-21(19)26)7-4-8-24-12-22;/h3,5-6,9-11,24-25H,4,7-8,12H2,1-2H3;1H. The fraction of sp³-hybridized carbons (Fsp3) is 0.318. The molecule has 166 valence electrons. The van der Waals surface area contributed by atoms with Crippen molar-refractivity contribution >= 4 is 45.4 Å². The summed E-state index contributed by atoms with van der Waals surface area (Å²) >= 11 is 6.54. The summed E-state index contributed by atoms with van der Waals surface area (Å²) in [5, 5.41) is 14.4. The fourth-order valence-corrected chi connectivity index (χ4v) is 5.01. The summed E-state index contributed by atoms with van der Waals surface area (Å²) in [5.41, 5.74) is 1.63. The summed E-state index contributed by atoms with van der Waals surface area (Å²) in [6.07, 6.45) is 2.50. The normalized spacial score (nSPS) is 21.2. The van der Waals surface area contributed by atoms with Crippen molar-refractivity contribution < 1.29 is 23.1 Å². The van der Waals surface area contributed by atoms with Gasteiger partial charge in [0.1, 0.15) is 5.57 Å². The number of benzene rings is 2. The molecule has 2 heterocycles. The zero-order valence-corrected chi connectivity index (χ0v) is 19.5. The quantitative estimate of drug-likeness (QED) is 0.638. The van der Waals surface area contributed by atoms with Gasteiger partial charge < -0.3 is 15.2 Å². The second-order valence-electron chi connectivity index (χ2n) is 7.83. The number of ether oxygens (including phenoxy) is 1. The topological polar surface area (TPSA) is 92.7 Å². The number of aryl methyl sites for hydroxylation is 1. The van der Waals surface area contributed by atoms with Gasteiger partial charge >= 0.3 is 5.97 Å². The maximum absolute atomic E-state index is 12.7. The molecular weight excluding hydrogens is 461 g/mol. The van der Waals surface area contributed by atoms with Gasteiger partial charge in [-0.15, -0.1) is 12.4 Å². The van der Waals surface area contributed by atoms with E-state index in [0.717, 1.165) is 24.8 Å². The van der Waals surface area contributed by atoms with E-state index in [-0.39, 0.29) is 28.6 Å². The lowest BCUT2D eigenvalue weighted by molar-refractivity contribution is -0.148. The molecule has 1 spiro atoms. The van der Waals surface area contributed by atoms with Gasteiger partial charge in [-0.05, 0) is 67.3 Å². The minimum atomic E-state index is -3.36. The summed E-state index contributed by atoms with van der Waals surface area (Å²) in [5.74, 6) is -0.632. The van der Waals surface area contributed by atoms with Gasteiger partial charge in [-0.2, -0.15) is 0 Å². The van der Waals surface area contributed by atoms with Gasteiger partial charge in [0.2, 0.25) is 0 Å². The van der Waals surface area contributed by atoms with Crippen molar-refractivity contribution in [1.29, 1.82) is 0 Å². The molecule has 1 atom stereocenters. The molecule has 0 aromatic heterocycles. The number of hydrogen-bond acceptors (Lipinski definition) is 6. The Morgan fingerprint density at radius 2 is 1.94 bits per heavy atom. The Balaban J connectivity index is 0.00000272. The van der Waals surface area contributed by atoms with Crippen molar-refractivity contribution in [2.75, 3.05) is 19.3 Å². The molecule has 2 aromatic rings. The minimum Gasteiger partial charge on any atom is -0.507 e. The Morgan fingerprint density at radius 1 is 1.19 bits per heavy atom. The first-order chi connectivity index (χ1) is 14.1. The maximum atomic E-state index is 12.7. The molecule has 2 aliphatic rings. The third-order valence-electron chi connectivity index (χ3n) is 5.66. The molecule has 9 heteroatoms. The lowest BCUT2D eigenvalue weighted by Gasteiger charge is -2.32. The zero-order valence-electron chi connectivity index (χ0n) is 17.1. The first kappa shape index (κ1) is 23.6. The fourth-order valence-electron chi connectivity index (χ4n) is 4.07.